The van der Waals surface area contributed by atoms with Crippen LogP contribution >= 0.6 is 0 Å². The fraction of sp³-hybridized carbons (Fsp3) is 0.350. The summed E-state index contributed by atoms with van der Waals surface area (Å²) in [7, 11) is 1.67. The lowest BCUT2D eigenvalue weighted by atomic mass is 9.74. The summed E-state index contributed by atoms with van der Waals surface area (Å²) in [5.74, 6) is 0.847. The van der Waals surface area contributed by atoms with Crippen molar-refractivity contribution in [2.45, 2.75) is 30.7 Å². The molecule has 1 heterocycles. The van der Waals surface area contributed by atoms with E-state index < -0.39 is 5.54 Å². The second-order valence-corrected chi connectivity index (χ2v) is 6.48. The minimum absolute atomic E-state index is 0.0627. The third kappa shape index (κ3) is 2.17. The Morgan fingerprint density at radius 2 is 1.92 bits per heavy atom. The van der Waals surface area contributed by atoms with Crippen molar-refractivity contribution in [2.75, 3.05) is 13.7 Å². The number of aryl methyl sites for hydroxylation is 1. The lowest BCUT2D eigenvalue weighted by molar-refractivity contribution is 0.0869. The number of carbonyl (C=O) groups is 1. The van der Waals surface area contributed by atoms with Gasteiger partial charge in [-0.2, -0.15) is 10.2 Å². The van der Waals surface area contributed by atoms with Crippen LogP contribution in [0.2, 0.25) is 0 Å². The maximum Gasteiger partial charge on any atom is 0.193 e. The van der Waals surface area contributed by atoms with E-state index in [0.717, 1.165) is 41.7 Å². The van der Waals surface area contributed by atoms with Gasteiger partial charge in [0, 0.05) is 17.0 Å². The van der Waals surface area contributed by atoms with Crippen molar-refractivity contribution in [3.8, 4) is 5.75 Å². The van der Waals surface area contributed by atoms with Crippen LogP contribution in [0.1, 0.15) is 40.2 Å². The Hall–Kier alpha value is -2.49. The highest BCUT2D eigenvalue weighted by molar-refractivity contribution is 6.05. The number of rotatable bonds is 2. The van der Waals surface area contributed by atoms with Gasteiger partial charge < -0.3 is 4.74 Å². The molecule has 4 rings (SSSR count). The Balaban J connectivity index is 1.83. The molecule has 0 saturated heterocycles. The van der Waals surface area contributed by atoms with Gasteiger partial charge in [0.05, 0.1) is 13.7 Å². The van der Waals surface area contributed by atoms with E-state index in [0.29, 0.717) is 6.54 Å². The van der Waals surface area contributed by atoms with E-state index >= 15 is 0 Å². The first kappa shape index (κ1) is 15.1. The predicted octanol–water partition coefficient (Wildman–Crippen LogP) is 4.20. The van der Waals surface area contributed by atoms with Gasteiger partial charge in [0.15, 0.2) is 11.3 Å². The van der Waals surface area contributed by atoms with Crippen LogP contribution in [0.15, 0.2) is 58.8 Å². The van der Waals surface area contributed by atoms with Crippen molar-refractivity contribution in [1.29, 1.82) is 0 Å². The van der Waals surface area contributed by atoms with Gasteiger partial charge in [0.2, 0.25) is 0 Å². The Morgan fingerprint density at radius 1 is 1.12 bits per heavy atom. The third-order valence-corrected chi connectivity index (χ3v) is 5.26. The van der Waals surface area contributed by atoms with Crippen molar-refractivity contribution >= 4 is 5.78 Å². The second-order valence-electron chi connectivity index (χ2n) is 6.48. The topological polar surface area (TPSA) is 51.0 Å². The molecule has 4 heteroatoms. The maximum atomic E-state index is 13.4. The molecule has 0 radical (unpaired) electrons. The molecule has 0 bridgehead atoms. The number of carbonyl (C=O) groups excluding carboxylic acids is 1. The number of azo groups is 1. The molecule has 2 aliphatic rings. The van der Waals surface area contributed by atoms with E-state index in [1.54, 1.807) is 7.11 Å². The van der Waals surface area contributed by atoms with Crippen molar-refractivity contribution in [1.82, 2.24) is 0 Å². The summed E-state index contributed by atoms with van der Waals surface area (Å²) in [6.07, 6.45) is 2.58. The monoisotopic (exact) mass is 320 g/mol. The SMILES string of the molecule is COc1ccccc1[C@@H]1CN=N[C@@]12CCCc1ccccc1C2=O. The molecule has 0 saturated carbocycles. The highest BCUT2D eigenvalue weighted by Gasteiger charge is 2.51. The molecular weight excluding hydrogens is 300 g/mol. The summed E-state index contributed by atoms with van der Waals surface area (Å²) < 4.78 is 5.53. The zero-order valence-electron chi connectivity index (χ0n) is 13.7. The zero-order chi connectivity index (χ0) is 16.6. The lowest BCUT2D eigenvalue weighted by Gasteiger charge is -2.30. The fourth-order valence-electron chi connectivity index (χ4n) is 4.06. The fourth-order valence-corrected chi connectivity index (χ4v) is 4.06. The summed E-state index contributed by atoms with van der Waals surface area (Å²) in [5, 5.41) is 8.83. The molecule has 1 aliphatic carbocycles. The van der Waals surface area contributed by atoms with Crippen molar-refractivity contribution in [3.05, 3.63) is 65.2 Å². The standard InChI is InChI=1S/C20H20N2O2/c1-24-18-11-5-4-10-16(18)17-13-21-22-20(17)12-6-8-14-7-2-3-9-15(14)19(20)23/h2-5,7,9-11,17H,6,8,12-13H2,1H3/t17-,20-/m0/s1. The molecule has 4 nitrogen and oxygen atoms in total. The number of Topliss-reactive ketones (excluding diaryl/α,β-unsaturated/α-hetero) is 1. The molecule has 122 valence electrons. The molecule has 24 heavy (non-hydrogen) atoms. The van der Waals surface area contributed by atoms with Crippen LogP contribution < -0.4 is 4.74 Å². The Labute approximate surface area is 141 Å². The largest absolute Gasteiger partial charge is 0.496 e. The first-order valence-corrected chi connectivity index (χ1v) is 8.40. The van der Waals surface area contributed by atoms with Gasteiger partial charge in [-0.05, 0) is 30.9 Å². The van der Waals surface area contributed by atoms with Gasteiger partial charge >= 0.3 is 0 Å². The summed E-state index contributed by atoms with van der Waals surface area (Å²) >= 11 is 0. The lowest BCUT2D eigenvalue weighted by Crippen LogP contribution is -2.41. The second kappa shape index (κ2) is 5.86. The molecule has 0 N–H and O–H groups in total. The number of para-hydroxylation sites is 1. The summed E-state index contributed by atoms with van der Waals surface area (Å²) in [6.45, 7) is 0.536. The van der Waals surface area contributed by atoms with E-state index in [2.05, 4.69) is 16.3 Å². The molecule has 2 atom stereocenters. The van der Waals surface area contributed by atoms with Gasteiger partial charge in [-0.25, -0.2) is 0 Å². The minimum atomic E-state index is -0.790. The molecule has 1 spiro atoms. The van der Waals surface area contributed by atoms with Gasteiger partial charge in [0.25, 0.3) is 0 Å². The first-order chi connectivity index (χ1) is 11.8. The van der Waals surface area contributed by atoms with Crippen LogP contribution in [0.5, 0.6) is 5.75 Å². The number of hydrogen-bond donors (Lipinski definition) is 0. The number of ketones is 1. The number of fused-ring (bicyclic) bond motifs is 1. The van der Waals surface area contributed by atoms with E-state index in [1.165, 1.54) is 0 Å². The highest BCUT2D eigenvalue weighted by atomic mass is 16.5. The summed E-state index contributed by atoms with van der Waals surface area (Å²) in [5.41, 5.74) is 2.16. The Kier molecular flexibility index (Phi) is 3.68. The Bertz CT molecular complexity index is 815. The maximum absolute atomic E-state index is 13.4. The van der Waals surface area contributed by atoms with Crippen LogP contribution in [-0.4, -0.2) is 25.0 Å². The van der Waals surface area contributed by atoms with Gasteiger partial charge in [-0.3, -0.25) is 4.79 Å². The van der Waals surface area contributed by atoms with Crippen molar-refractivity contribution in [3.63, 3.8) is 0 Å². The first-order valence-electron chi connectivity index (χ1n) is 8.40. The number of ether oxygens (including phenoxy) is 1. The zero-order valence-corrected chi connectivity index (χ0v) is 13.7. The number of methoxy groups -OCH3 is 1. The molecular formula is C20H20N2O2. The number of nitrogens with zero attached hydrogens (tertiary/aromatic N) is 2. The molecule has 2 aromatic carbocycles. The van der Waals surface area contributed by atoms with E-state index in [9.17, 15) is 4.79 Å². The minimum Gasteiger partial charge on any atom is -0.496 e. The average molecular weight is 320 g/mol. The van der Waals surface area contributed by atoms with E-state index in [1.807, 2.05) is 42.5 Å². The normalized spacial score (nSPS) is 25.5. The molecule has 1 aliphatic heterocycles. The van der Waals surface area contributed by atoms with Gasteiger partial charge in [-0.15, -0.1) is 0 Å². The van der Waals surface area contributed by atoms with Crippen LogP contribution in [-0.2, 0) is 6.42 Å². The van der Waals surface area contributed by atoms with Crippen molar-refractivity contribution < 1.29 is 9.53 Å². The predicted molar refractivity (Wildman–Crippen MR) is 91.9 cm³/mol. The van der Waals surface area contributed by atoms with Crippen LogP contribution in [0, 0.1) is 0 Å². The van der Waals surface area contributed by atoms with Crippen LogP contribution in [0.4, 0.5) is 0 Å². The molecule has 0 amide bonds. The molecule has 0 unspecified atom stereocenters. The Morgan fingerprint density at radius 3 is 2.79 bits per heavy atom. The molecule has 2 aromatic rings. The van der Waals surface area contributed by atoms with Crippen LogP contribution in [0.3, 0.4) is 0 Å². The highest BCUT2D eigenvalue weighted by Crippen LogP contribution is 2.47. The van der Waals surface area contributed by atoms with E-state index in [4.69, 9.17) is 4.74 Å². The quantitative estimate of drug-likeness (QED) is 0.832. The van der Waals surface area contributed by atoms with Gasteiger partial charge in [0.1, 0.15) is 5.75 Å². The average Bonchev–Trinajstić information content (AvgIpc) is 3.00. The van der Waals surface area contributed by atoms with Crippen molar-refractivity contribution in [2.24, 2.45) is 10.2 Å². The summed E-state index contributed by atoms with van der Waals surface area (Å²) in [4.78, 5) is 13.4. The van der Waals surface area contributed by atoms with Gasteiger partial charge in [-0.1, -0.05) is 42.5 Å². The third-order valence-electron chi connectivity index (χ3n) is 5.26. The smallest absolute Gasteiger partial charge is 0.193 e. The number of benzene rings is 2. The molecule has 0 aromatic heterocycles. The van der Waals surface area contributed by atoms with Crippen LogP contribution in [0.25, 0.3) is 0 Å². The van der Waals surface area contributed by atoms with E-state index in [-0.39, 0.29) is 11.7 Å². The summed E-state index contributed by atoms with van der Waals surface area (Å²) in [6, 6.07) is 15.8. The molecule has 0 fully saturated rings. The number of hydrogen-bond acceptors (Lipinski definition) is 4.